The topological polar surface area (TPSA) is 81.1 Å². The summed E-state index contributed by atoms with van der Waals surface area (Å²) in [6, 6.07) is 0.343. The molecule has 1 aromatic rings. The Morgan fingerprint density at radius 2 is 2.07 bits per heavy atom. The van der Waals surface area contributed by atoms with Crippen molar-refractivity contribution in [1.82, 2.24) is 9.78 Å². The zero-order valence-corrected chi connectivity index (χ0v) is 8.31. The number of nitrogens with two attached hydrogens (primary N) is 1. The van der Waals surface area contributed by atoms with Gasteiger partial charge in [-0.15, -0.1) is 0 Å². The second-order valence-electron chi connectivity index (χ2n) is 4.40. The quantitative estimate of drug-likeness (QED) is 0.784. The van der Waals surface area contributed by atoms with Gasteiger partial charge in [-0.2, -0.15) is 5.10 Å². The minimum atomic E-state index is -0.956. The van der Waals surface area contributed by atoms with E-state index in [2.05, 4.69) is 5.10 Å². The average molecular weight is 207 g/mol. The van der Waals surface area contributed by atoms with Gasteiger partial charge in [-0.3, -0.25) is 0 Å². The highest BCUT2D eigenvalue weighted by Gasteiger charge is 2.37. The molecule has 1 aromatic heterocycles. The highest BCUT2D eigenvalue weighted by molar-refractivity contribution is 5.89. The van der Waals surface area contributed by atoms with E-state index in [4.69, 9.17) is 10.8 Å². The molecule has 5 heteroatoms. The molecule has 0 saturated heterocycles. The normalized spacial score (nSPS) is 20.5. The summed E-state index contributed by atoms with van der Waals surface area (Å²) in [6.45, 7) is 0. The number of nitrogen functional groups attached to an aromatic ring is 1. The number of rotatable bonds is 3. The highest BCUT2D eigenvalue weighted by Crippen LogP contribution is 2.47. The fourth-order valence-corrected chi connectivity index (χ4v) is 1.99. The fourth-order valence-electron chi connectivity index (χ4n) is 1.99. The van der Waals surface area contributed by atoms with Gasteiger partial charge in [-0.25, -0.2) is 9.48 Å². The van der Waals surface area contributed by atoms with E-state index in [9.17, 15) is 4.79 Å². The lowest BCUT2D eigenvalue weighted by Gasteiger charge is -2.01. The van der Waals surface area contributed by atoms with E-state index in [1.54, 1.807) is 4.68 Å². The van der Waals surface area contributed by atoms with Crippen molar-refractivity contribution in [3.8, 4) is 0 Å². The summed E-state index contributed by atoms with van der Waals surface area (Å²) in [5.41, 5.74) is 6.90. The molecule has 0 bridgehead atoms. The SMILES string of the molecule is Nc1c(C2CC2)c(C(=O)O)nn1C1CC1. The number of carbonyl (C=O) groups is 1. The van der Waals surface area contributed by atoms with E-state index in [1.165, 1.54) is 0 Å². The van der Waals surface area contributed by atoms with Crippen LogP contribution in [0.2, 0.25) is 0 Å². The van der Waals surface area contributed by atoms with Gasteiger partial charge in [0.25, 0.3) is 0 Å². The Balaban J connectivity index is 2.10. The number of hydrogen-bond acceptors (Lipinski definition) is 3. The van der Waals surface area contributed by atoms with Gasteiger partial charge in [-0.1, -0.05) is 0 Å². The van der Waals surface area contributed by atoms with E-state index in [0.29, 0.717) is 17.8 Å². The van der Waals surface area contributed by atoms with E-state index in [-0.39, 0.29) is 5.69 Å². The lowest BCUT2D eigenvalue weighted by Crippen LogP contribution is -2.03. The molecule has 1 heterocycles. The molecule has 80 valence electrons. The highest BCUT2D eigenvalue weighted by atomic mass is 16.4. The van der Waals surface area contributed by atoms with Crippen molar-refractivity contribution in [2.75, 3.05) is 5.73 Å². The summed E-state index contributed by atoms with van der Waals surface area (Å²) in [4.78, 5) is 11.0. The Labute approximate surface area is 86.9 Å². The van der Waals surface area contributed by atoms with Crippen LogP contribution in [-0.4, -0.2) is 20.9 Å². The van der Waals surface area contributed by atoms with Crippen LogP contribution in [0.1, 0.15) is 53.7 Å². The van der Waals surface area contributed by atoms with Crippen LogP contribution in [0.4, 0.5) is 5.82 Å². The first-order valence-electron chi connectivity index (χ1n) is 5.29. The third-order valence-electron chi connectivity index (χ3n) is 3.07. The van der Waals surface area contributed by atoms with Crippen molar-refractivity contribution in [3.05, 3.63) is 11.3 Å². The molecule has 3 rings (SSSR count). The molecule has 3 N–H and O–H groups in total. The maximum Gasteiger partial charge on any atom is 0.356 e. The second kappa shape index (κ2) is 2.74. The van der Waals surface area contributed by atoms with Crippen molar-refractivity contribution >= 4 is 11.8 Å². The molecule has 2 fully saturated rings. The Bertz CT molecular complexity index is 430. The van der Waals surface area contributed by atoms with Crippen LogP contribution in [0, 0.1) is 0 Å². The molecule has 2 aliphatic carbocycles. The molecule has 2 aliphatic rings. The molecule has 2 saturated carbocycles. The van der Waals surface area contributed by atoms with Crippen LogP contribution in [0.3, 0.4) is 0 Å². The first kappa shape index (κ1) is 8.76. The summed E-state index contributed by atoms with van der Waals surface area (Å²) < 4.78 is 1.71. The summed E-state index contributed by atoms with van der Waals surface area (Å²) in [5, 5.41) is 13.2. The minimum Gasteiger partial charge on any atom is -0.476 e. The monoisotopic (exact) mass is 207 g/mol. The molecule has 0 aliphatic heterocycles. The molecule has 15 heavy (non-hydrogen) atoms. The smallest absolute Gasteiger partial charge is 0.356 e. The summed E-state index contributed by atoms with van der Waals surface area (Å²) >= 11 is 0. The van der Waals surface area contributed by atoms with Crippen LogP contribution in [-0.2, 0) is 0 Å². The molecular formula is C10H13N3O2. The van der Waals surface area contributed by atoms with Crippen molar-refractivity contribution < 1.29 is 9.90 Å². The fraction of sp³-hybridized carbons (Fsp3) is 0.600. The van der Waals surface area contributed by atoms with Crippen LogP contribution in [0.5, 0.6) is 0 Å². The molecule has 0 unspecified atom stereocenters. The first-order valence-corrected chi connectivity index (χ1v) is 5.29. The predicted octanol–water partition coefficient (Wildman–Crippen LogP) is 1.38. The van der Waals surface area contributed by atoms with Gasteiger partial charge in [-0.05, 0) is 31.6 Å². The summed E-state index contributed by atoms with van der Waals surface area (Å²) in [6.07, 6.45) is 4.21. The predicted molar refractivity (Wildman–Crippen MR) is 53.8 cm³/mol. The zero-order chi connectivity index (χ0) is 10.6. The number of hydrogen-bond donors (Lipinski definition) is 2. The molecular weight excluding hydrogens is 194 g/mol. The number of aromatic carboxylic acids is 1. The maximum absolute atomic E-state index is 11.0. The number of anilines is 1. The van der Waals surface area contributed by atoms with Crippen molar-refractivity contribution in [1.29, 1.82) is 0 Å². The van der Waals surface area contributed by atoms with Gasteiger partial charge >= 0.3 is 5.97 Å². The molecule has 0 radical (unpaired) electrons. The molecule has 0 aromatic carbocycles. The van der Waals surface area contributed by atoms with Gasteiger partial charge in [0.05, 0.1) is 6.04 Å². The van der Waals surface area contributed by atoms with Gasteiger partial charge in [0, 0.05) is 5.56 Å². The van der Waals surface area contributed by atoms with Crippen LogP contribution >= 0.6 is 0 Å². The number of carboxylic acid groups (broad SMARTS) is 1. The van der Waals surface area contributed by atoms with Crippen LogP contribution < -0.4 is 5.73 Å². The average Bonchev–Trinajstić information content (AvgIpc) is 3.06. The molecule has 5 nitrogen and oxygen atoms in total. The summed E-state index contributed by atoms with van der Waals surface area (Å²) in [7, 11) is 0. The van der Waals surface area contributed by atoms with E-state index < -0.39 is 5.97 Å². The van der Waals surface area contributed by atoms with E-state index in [1.807, 2.05) is 0 Å². The second-order valence-corrected chi connectivity index (χ2v) is 4.40. The zero-order valence-electron chi connectivity index (χ0n) is 8.31. The summed E-state index contributed by atoms with van der Waals surface area (Å²) in [5.74, 6) is -0.0380. The standard InChI is InChI=1S/C10H13N3O2/c11-9-7(5-1-2-5)8(10(14)15)12-13(9)6-3-4-6/h5-6H,1-4,11H2,(H,14,15). The van der Waals surface area contributed by atoms with Crippen molar-refractivity contribution in [3.63, 3.8) is 0 Å². The lowest BCUT2D eigenvalue weighted by molar-refractivity contribution is 0.0688. The minimum absolute atomic E-state index is 0.168. The van der Waals surface area contributed by atoms with Gasteiger partial charge in [0.2, 0.25) is 0 Å². The third-order valence-corrected chi connectivity index (χ3v) is 3.07. The molecule has 0 atom stereocenters. The van der Waals surface area contributed by atoms with Crippen LogP contribution in [0.15, 0.2) is 0 Å². The van der Waals surface area contributed by atoms with Crippen molar-refractivity contribution in [2.24, 2.45) is 0 Å². The largest absolute Gasteiger partial charge is 0.476 e. The number of nitrogens with zero attached hydrogens (tertiary/aromatic N) is 2. The molecule has 0 spiro atoms. The maximum atomic E-state index is 11.0. The molecule has 0 amide bonds. The number of carboxylic acids is 1. The Morgan fingerprint density at radius 3 is 2.53 bits per heavy atom. The van der Waals surface area contributed by atoms with Gasteiger partial charge in [0.15, 0.2) is 5.69 Å². The lowest BCUT2D eigenvalue weighted by atomic mass is 10.1. The Hall–Kier alpha value is -1.52. The van der Waals surface area contributed by atoms with E-state index in [0.717, 1.165) is 31.2 Å². The van der Waals surface area contributed by atoms with Gasteiger partial charge < -0.3 is 10.8 Å². The van der Waals surface area contributed by atoms with E-state index >= 15 is 0 Å². The van der Waals surface area contributed by atoms with Crippen LogP contribution in [0.25, 0.3) is 0 Å². The third kappa shape index (κ3) is 1.30. The number of aromatic nitrogens is 2. The van der Waals surface area contributed by atoms with Gasteiger partial charge in [0.1, 0.15) is 5.82 Å². The van der Waals surface area contributed by atoms with Crippen molar-refractivity contribution in [2.45, 2.75) is 37.6 Å². The Kier molecular flexibility index (Phi) is 1.60. The first-order chi connectivity index (χ1) is 7.18. The Morgan fingerprint density at radius 1 is 1.40 bits per heavy atom.